The van der Waals surface area contributed by atoms with E-state index in [9.17, 15) is 4.79 Å². The minimum atomic E-state index is -0.758. The molecule has 3 nitrogen and oxygen atoms in total. The fourth-order valence-corrected chi connectivity index (χ4v) is 3.84. The van der Waals surface area contributed by atoms with Crippen LogP contribution in [0.2, 0.25) is 0 Å². The number of aliphatic carboxylic acids is 1. The van der Waals surface area contributed by atoms with E-state index >= 15 is 0 Å². The van der Waals surface area contributed by atoms with Crippen molar-refractivity contribution in [2.24, 2.45) is 17.8 Å². The fraction of sp³-hybridized carbons (Fsp3) is 0.769. The lowest BCUT2D eigenvalue weighted by Crippen LogP contribution is -2.45. The molecule has 0 aliphatic heterocycles. The van der Waals surface area contributed by atoms with Crippen molar-refractivity contribution in [1.29, 1.82) is 0 Å². The van der Waals surface area contributed by atoms with Gasteiger partial charge in [-0.25, -0.2) is 0 Å². The van der Waals surface area contributed by atoms with E-state index in [1.165, 1.54) is 25.7 Å². The molecule has 0 aromatic heterocycles. The molecule has 1 N–H and O–H groups in total. The van der Waals surface area contributed by atoms with Gasteiger partial charge in [0, 0.05) is 0 Å². The predicted molar refractivity (Wildman–Crippen MR) is 59.0 cm³/mol. The Morgan fingerprint density at radius 3 is 2.62 bits per heavy atom. The first-order valence-corrected chi connectivity index (χ1v) is 6.25. The van der Waals surface area contributed by atoms with E-state index in [2.05, 4.69) is 6.08 Å². The van der Waals surface area contributed by atoms with Crippen LogP contribution in [0.4, 0.5) is 0 Å². The van der Waals surface area contributed by atoms with E-state index in [-0.39, 0.29) is 6.42 Å². The maximum atomic E-state index is 10.5. The molecule has 2 atom stereocenters. The van der Waals surface area contributed by atoms with Gasteiger partial charge in [0.1, 0.15) is 0 Å². The summed E-state index contributed by atoms with van der Waals surface area (Å²) in [6.07, 6.45) is 7.88. The molecule has 0 saturated heterocycles. The van der Waals surface area contributed by atoms with Crippen molar-refractivity contribution < 1.29 is 14.6 Å². The van der Waals surface area contributed by atoms with Gasteiger partial charge in [-0.05, 0) is 43.4 Å². The lowest BCUT2D eigenvalue weighted by molar-refractivity contribution is -0.140. The first-order valence-electron chi connectivity index (χ1n) is 6.25. The lowest BCUT2D eigenvalue weighted by atomic mass is 9.60. The molecule has 0 spiro atoms. The summed E-state index contributed by atoms with van der Waals surface area (Å²) in [7, 11) is 0. The molecule has 4 aliphatic rings. The fourth-order valence-electron chi connectivity index (χ4n) is 3.84. The van der Waals surface area contributed by atoms with Crippen LogP contribution in [0.25, 0.3) is 0 Å². The molecular formula is C13H18O3. The largest absolute Gasteiger partial charge is 0.481 e. The Hall–Kier alpha value is -0.830. The molecule has 16 heavy (non-hydrogen) atoms. The van der Waals surface area contributed by atoms with Crippen LogP contribution in [-0.2, 0) is 9.53 Å². The lowest BCUT2D eigenvalue weighted by Gasteiger charge is -2.49. The van der Waals surface area contributed by atoms with Crippen LogP contribution in [0.3, 0.4) is 0 Å². The summed E-state index contributed by atoms with van der Waals surface area (Å²) >= 11 is 0. The van der Waals surface area contributed by atoms with E-state index in [1.54, 1.807) is 5.57 Å². The third-order valence-electron chi connectivity index (χ3n) is 4.29. The average Bonchev–Trinajstić information content (AvgIpc) is 2.20. The minimum absolute atomic E-state index is 0.141. The summed E-state index contributed by atoms with van der Waals surface area (Å²) in [6.45, 7) is 0.386. The zero-order valence-electron chi connectivity index (χ0n) is 9.39. The molecule has 4 bridgehead atoms. The van der Waals surface area contributed by atoms with Gasteiger partial charge in [-0.1, -0.05) is 11.6 Å². The smallest absolute Gasteiger partial charge is 0.305 e. The molecule has 4 rings (SSSR count). The Balaban J connectivity index is 1.61. The Bertz CT molecular complexity index is 316. The summed E-state index contributed by atoms with van der Waals surface area (Å²) in [5, 5.41) is 8.61. The maximum Gasteiger partial charge on any atom is 0.305 e. The molecule has 3 heteroatoms. The van der Waals surface area contributed by atoms with Crippen molar-refractivity contribution in [1.82, 2.24) is 0 Å². The number of carboxylic acid groups (broad SMARTS) is 1. The van der Waals surface area contributed by atoms with Gasteiger partial charge in [0.25, 0.3) is 0 Å². The van der Waals surface area contributed by atoms with E-state index in [0.29, 0.717) is 24.5 Å². The summed E-state index contributed by atoms with van der Waals surface area (Å²) in [4.78, 5) is 10.5. The molecule has 0 heterocycles. The number of carbonyl (C=O) groups is 1. The second-order valence-electron chi connectivity index (χ2n) is 5.46. The number of rotatable bonds is 4. The Labute approximate surface area is 95.5 Å². The molecule has 2 saturated carbocycles. The van der Waals surface area contributed by atoms with Crippen molar-refractivity contribution >= 4 is 5.97 Å². The van der Waals surface area contributed by atoms with Gasteiger partial charge >= 0.3 is 5.97 Å². The number of carboxylic acids is 1. The van der Waals surface area contributed by atoms with Gasteiger partial charge in [-0.2, -0.15) is 0 Å². The Morgan fingerprint density at radius 1 is 1.38 bits per heavy atom. The molecule has 0 aromatic carbocycles. The quantitative estimate of drug-likeness (QED) is 0.742. The van der Waals surface area contributed by atoms with E-state index < -0.39 is 5.97 Å². The highest BCUT2D eigenvalue weighted by molar-refractivity contribution is 5.66. The summed E-state index contributed by atoms with van der Waals surface area (Å²) in [5.74, 6) is 1.39. The van der Waals surface area contributed by atoms with Crippen molar-refractivity contribution in [2.45, 2.75) is 38.2 Å². The second kappa shape index (κ2) is 3.88. The maximum absolute atomic E-state index is 10.5. The van der Waals surface area contributed by atoms with Gasteiger partial charge in [-0.3, -0.25) is 4.79 Å². The van der Waals surface area contributed by atoms with E-state index in [0.717, 1.165) is 5.92 Å². The van der Waals surface area contributed by atoms with Crippen LogP contribution >= 0.6 is 0 Å². The van der Waals surface area contributed by atoms with E-state index in [1.807, 2.05) is 0 Å². The summed E-state index contributed by atoms with van der Waals surface area (Å²) in [5.41, 5.74) is 1.63. The number of hydrogen-bond acceptors (Lipinski definition) is 2. The molecule has 4 aliphatic carbocycles. The highest BCUT2D eigenvalue weighted by Gasteiger charge is 2.45. The number of ether oxygens (including phenoxy) is 1. The Kier molecular flexibility index (Phi) is 2.51. The molecular weight excluding hydrogens is 204 g/mol. The van der Waals surface area contributed by atoms with Crippen LogP contribution < -0.4 is 0 Å². The summed E-state index contributed by atoms with van der Waals surface area (Å²) in [6, 6.07) is 0. The van der Waals surface area contributed by atoms with Crippen LogP contribution in [0.15, 0.2) is 11.6 Å². The van der Waals surface area contributed by atoms with Gasteiger partial charge in [0.05, 0.1) is 19.1 Å². The van der Waals surface area contributed by atoms with Crippen LogP contribution in [-0.4, -0.2) is 23.8 Å². The minimum Gasteiger partial charge on any atom is -0.481 e. The third kappa shape index (κ3) is 1.77. The molecule has 2 unspecified atom stereocenters. The first kappa shape index (κ1) is 10.3. The van der Waals surface area contributed by atoms with Gasteiger partial charge < -0.3 is 9.84 Å². The molecule has 0 radical (unpaired) electrons. The third-order valence-corrected chi connectivity index (χ3v) is 4.29. The number of hydrogen-bond donors (Lipinski definition) is 1. The second-order valence-corrected chi connectivity index (χ2v) is 5.46. The topological polar surface area (TPSA) is 46.5 Å². The predicted octanol–water partition coefficient (Wildman–Crippen LogP) is 2.22. The molecule has 0 aromatic rings. The summed E-state index contributed by atoms with van der Waals surface area (Å²) < 4.78 is 5.82. The molecule has 0 amide bonds. The standard InChI is InChI=1S/C13H18O3/c14-12(15)1-2-16-13-10-4-8-3-9(6-10)7-11(13)5-8/h3,8,10-11,13H,1-2,4-7H2,(H,14,15). The monoisotopic (exact) mass is 222 g/mol. The van der Waals surface area contributed by atoms with Gasteiger partial charge in [-0.15, -0.1) is 0 Å². The molecule has 88 valence electrons. The van der Waals surface area contributed by atoms with E-state index in [4.69, 9.17) is 9.84 Å². The first-order chi connectivity index (χ1) is 7.72. The zero-order chi connectivity index (χ0) is 11.1. The number of allylic oxidation sites excluding steroid dienone is 2. The van der Waals surface area contributed by atoms with Gasteiger partial charge in [0.2, 0.25) is 0 Å². The average molecular weight is 222 g/mol. The van der Waals surface area contributed by atoms with Gasteiger partial charge in [0.15, 0.2) is 0 Å². The van der Waals surface area contributed by atoms with Crippen LogP contribution in [0, 0.1) is 17.8 Å². The Morgan fingerprint density at radius 2 is 2.06 bits per heavy atom. The van der Waals surface area contributed by atoms with Crippen LogP contribution in [0.5, 0.6) is 0 Å². The van der Waals surface area contributed by atoms with Crippen molar-refractivity contribution in [3.8, 4) is 0 Å². The highest BCUT2D eigenvalue weighted by atomic mass is 16.5. The van der Waals surface area contributed by atoms with Crippen molar-refractivity contribution in [3.05, 3.63) is 11.6 Å². The molecule has 2 fully saturated rings. The normalized spacial score (nSPS) is 39.9. The van der Waals surface area contributed by atoms with Crippen molar-refractivity contribution in [3.63, 3.8) is 0 Å². The highest BCUT2D eigenvalue weighted by Crippen LogP contribution is 2.51. The zero-order valence-corrected chi connectivity index (χ0v) is 9.39. The van der Waals surface area contributed by atoms with Crippen LogP contribution in [0.1, 0.15) is 32.1 Å². The SMILES string of the molecule is O=C(O)CCOC1C2CC3=CC(C2)CC1C3. The van der Waals surface area contributed by atoms with Crippen molar-refractivity contribution in [2.75, 3.05) is 6.61 Å².